The predicted molar refractivity (Wildman–Crippen MR) is 91.0 cm³/mol. The molecule has 0 atom stereocenters. The number of aryl methyl sites for hydroxylation is 1. The maximum atomic E-state index is 13.0. The quantitative estimate of drug-likeness (QED) is 0.650. The standard InChI is InChI=1S/C20H15F3N2O/c21-20(22,23)19(26)17-16-11-10-14-8-4-5-9-15(14)18(16)25(24-17)12-13-6-2-1-3-7-13/h1-9H,10-12H2. The number of hydrogen-bond acceptors (Lipinski definition) is 2. The third-order valence-corrected chi connectivity index (χ3v) is 4.62. The van der Waals surface area contributed by atoms with Gasteiger partial charge >= 0.3 is 6.18 Å². The number of halogens is 3. The van der Waals surface area contributed by atoms with E-state index < -0.39 is 17.7 Å². The Labute approximate surface area is 148 Å². The Morgan fingerprint density at radius 1 is 1.00 bits per heavy atom. The summed E-state index contributed by atoms with van der Waals surface area (Å²) in [5.74, 6) is -1.88. The number of carbonyl (C=O) groups is 1. The van der Waals surface area contributed by atoms with Crippen molar-refractivity contribution in [1.82, 2.24) is 9.78 Å². The molecule has 4 rings (SSSR count). The summed E-state index contributed by atoms with van der Waals surface area (Å²) in [6.07, 6.45) is -3.96. The molecule has 6 heteroatoms. The topological polar surface area (TPSA) is 34.9 Å². The third-order valence-electron chi connectivity index (χ3n) is 4.62. The minimum absolute atomic E-state index is 0.308. The van der Waals surface area contributed by atoms with Crippen LogP contribution in [-0.2, 0) is 19.4 Å². The Bertz CT molecular complexity index is 974. The molecule has 0 radical (unpaired) electrons. The lowest BCUT2D eigenvalue weighted by molar-refractivity contribution is -0.0889. The molecule has 1 aromatic heterocycles. The summed E-state index contributed by atoms with van der Waals surface area (Å²) in [7, 11) is 0. The number of nitrogens with zero attached hydrogens (tertiary/aromatic N) is 2. The molecule has 1 aliphatic rings. The SMILES string of the molecule is O=C(c1nn(Cc2ccccc2)c2c1CCc1ccccc1-2)C(F)(F)F. The second-order valence-electron chi connectivity index (χ2n) is 6.30. The van der Waals surface area contributed by atoms with Gasteiger partial charge in [-0.1, -0.05) is 54.6 Å². The van der Waals surface area contributed by atoms with Crippen LogP contribution in [0.15, 0.2) is 54.6 Å². The number of rotatable bonds is 3. The van der Waals surface area contributed by atoms with Crippen LogP contribution in [0.1, 0.15) is 27.2 Å². The normalized spacial score (nSPS) is 13.2. The molecule has 132 valence electrons. The van der Waals surface area contributed by atoms with E-state index >= 15 is 0 Å². The van der Waals surface area contributed by atoms with E-state index in [2.05, 4.69) is 5.10 Å². The van der Waals surface area contributed by atoms with Gasteiger partial charge in [-0.05, 0) is 24.0 Å². The average molecular weight is 356 g/mol. The summed E-state index contributed by atoms with van der Waals surface area (Å²) < 4.78 is 40.6. The Morgan fingerprint density at radius 3 is 2.42 bits per heavy atom. The molecule has 0 amide bonds. The second-order valence-corrected chi connectivity index (χ2v) is 6.30. The smallest absolute Gasteiger partial charge is 0.282 e. The van der Waals surface area contributed by atoms with Crippen molar-refractivity contribution < 1.29 is 18.0 Å². The Morgan fingerprint density at radius 2 is 1.69 bits per heavy atom. The van der Waals surface area contributed by atoms with Crippen molar-refractivity contribution in [1.29, 1.82) is 0 Å². The molecule has 2 aromatic carbocycles. The Hall–Kier alpha value is -2.89. The molecule has 1 heterocycles. The monoisotopic (exact) mass is 356 g/mol. The van der Waals surface area contributed by atoms with Gasteiger partial charge in [0.2, 0.25) is 0 Å². The van der Waals surface area contributed by atoms with Crippen molar-refractivity contribution in [2.24, 2.45) is 0 Å². The summed E-state index contributed by atoms with van der Waals surface area (Å²) in [5, 5.41) is 4.10. The van der Waals surface area contributed by atoms with E-state index in [1.54, 1.807) is 0 Å². The van der Waals surface area contributed by atoms with Gasteiger partial charge in [0.1, 0.15) is 5.69 Å². The number of benzene rings is 2. The molecule has 0 bridgehead atoms. The van der Waals surface area contributed by atoms with Crippen LogP contribution >= 0.6 is 0 Å². The van der Waals surface area contributed by atoms with E-state index in [9.17, 15) is 18.0 Å². The molecule has 0 saturated heterocycles. The fourth-order valence-electron chi connectivity index (χ4n) is 3.45. The van der Waals surface area contributed by atoms with Crippen molar-refractivity contribution >= 4 is 5.78 Å². The van der Waals surface area contributed by atoms with Gasteiger partial charge in [0, 0.05) is 11.1 Å². The van der Waals surface area contributed by atoms with E-state index in [4.69, 9.17) is 0 Å². The van der Waals surface area contributed by atoms with Crippen LogP contribution in [-0.4, -0.2) is 21.7 Å². The third kappa shape index (κ3) is 2.81. The lowest BCUT2D eigenvalue weighted by Crippen LogP contribution is -2.24. The first-order valence-corrected chi connectivity index (χ1v) is 8.28. The highest BCUT2D eigenvalue weighted by Gasteiger charge is 2.43. The minimum Gasteiger partial charge on any atom is -0.282 e. The first kappa shape index (κ1) is 16.6. The fourth-order valence-corrected chi connectivity index (χ4v) is 3.45. The fraction of sp³-hybridized carbons (Fsp3) is 0.200. The zero-order valence-corrected chi connectivity index (χ0v) is 13.8. The second kappa shape index (κ2) is 6.12. The lowest BCUT2D eigenvalue weighted by atomic mass is 9.88. The van der Waals surface area contributed by atoms with Crippen LogP contribution in [0.3, 0.4) is 0 Å². The number of hydrogen-bond donors (Lipinski definition) is 0. The number of carbonyl (C=O) groups excluding carboxylic acids is 1. The van der Waals surface area contributed by atoms with E-state index in [0.717, 1.165) is 16.7 Å². The first-order chi connectivity index (χ1) is 12.4. The van der Waals surface area contributed by atoms with E-state index in [-0.39, 0.29) is 0 Å². The Kier molecular flexibility index (Phi) is 3.90. The van der Waals surface area contributed by atoms with Crippen molar-refractivity contribution in [3.8, 4) is 11.3 Å². The van der Waals surface area contributed by atoms with Crippen molar-refractivity contribution in [2.75, 3.05) is 0 Å². The van der Waals surface area contributed by atoms with Gasteiger partial charge in [-0.15, -0.1) is 0 Å². The van der Waals surface area contributed by atoms with Crippen LogP contribution in [0.5, 0.6) is 0 Å². The van der Waals surface area contributed by atoms with Gasteiger partial charge in [0.05, 0.1) is 12.2 Å². The maximum absolute atomic E-state index is 13.0. The first-order valence-electron chi connectivity index (χ1n) is 8.28. The highest BCUT2D eigenvalue weighted by Crippen LogP contribution is 2.37. The van der Waals surface area contributed by atoms with Gasteiger partial charge in [-0.25, -0.2) is 0 Å². The van der Waals surface area contributed by atoms with Gasteiger partial charge < -0.3 is 0 Å². The van der Waals surface area contributed by atoms with Gasteiger partial charge in [-0.2, -0.15) is 18.3 Å². The van der Waals surface area contributed by atoms with Crippen LogP contribution in [0, 0.1) is 0 Å². The molecule has 0 N–H and O–H groups in total. The summed E-state index contributed by atoms with van der Waals surface area (Å²) in [6, 6.07) is 16.9. The molecule has 0 spiro atoms. The molecule has 3 nitrogen and oxygen atoms in total. The average Bonchev–Trinajstić information content (AvgIpc) is 3.00. The Balaban J connectivity index is 1.89. The summed E-state index contributed by atoms with van der Waals surface area (Å²) in [4.78, 5) is 11.9. The van der Waals surface area contributed by atoms with Crippen molar-refractivity contribution in [3.63, 3.8) is 0 Å². The van der Waals surface area contributed by atoms with Crippen LogP contribution in [0.25, 0.3) is 11.3 Å². The van der Waals surface area contributed by atoms with Gasteiger partial charge in [0.15, 0.2) is 0 Å². The lowest BCUT2D eigenvalue weighted by Gasteiger charge is -2.18. The van der Waals surface area contributed by atoms with Crippen molar-refractivity contribution in [2.45, 2.75) is 25.6 Å². The summed E-state index contributed by atoms with van der Waals surface area (Å²) >= 11 is 0. The minimum atomic E-state index is -4.93. The summed E-state index contributed by atoms with van der Waals surface area (Å²) in [6.45, 7) is 0.308. The number of ketones is 1. The molecule has 0 saturated carbocycles. The van der Waals surface area contributed by atoms with E-state index in [1.165, 1.54) is 4.68 Å². The molecule has 0 unspecified atom stereocenters. The molecule has 0 fully saturated rings. The van der Waals surface area contributed by atoms with Gasteiger partial charge in [0.25, 0.3) is 5.78 Å². The highest BCUT2D eigenvalue weighted by molar-refractivity contribution is 6.01. The predicted octanol–water partition coefficient (Wildman–Crippen LogP) is 4.44. The maximum Gasteiger partial charge on any atom is 0.456 e. The molecule has 26 heavy (non-hydrogen) atoms. The van der Waals surface area contributed by atoms with Crippen LogP contribution < -0.4 is 0 Å². The molecular formula is C20H15F3N2O. The zero-order valence-electron chi connectivity index (χ0n) is 13.8. The zero-order chi connectivity index (χ0) is 18.3. The number of aromatic nitrogens is 2. The number of alkyl halides is 3. The van der Waals surface area contributed by atoms with Crippen molar-refractivity contribution in [3.05, 3.63) is 77.0 Å². The molecular weight excluding hydrogens is 341 g/mol. The number of fused-ring (bicyclic) bond motifs is 3. The molecule has 0 aliphatic heterocycles. The largest absolute Gasteiger partial charge is 0.456 e. The van der Waals surface area contributed by atoms with Crippen LogP contribution in [0.2, 0.25) is 0 Å². The van der Waals surface area contributed by atoms with E-state index in [1.807, 2.05) is 54.6 Å². The van der Waals surface area contributed by atoms with Gasteiger partial charge in [-0.3, -0.25) is 9.48 Å². The van der Waals surface area contributed by atoms with Crippen LogP contribution in [0.4, 0.5) is 13.2 Å². The summed E-state index contributed by atoms with van der Waals surface area (Å²) in [5.41, 5.74) is 3.34. The molecule has 1 aliphatic carbocycles. The van der Waals surface area contributed by atoms with E-state index in [0.29, 0.717) is 30.6 Å². The molecule has 3 aromatic rings. The number of Topliss-reactive ketones (excluding diaryl/α,β-unsaturated/α-hetero) is 1. The highest BCUT2D eigenvalue weighted by atomic mass is 19.4.